The topological polar surface area (TPSA) is 33.5 Å². The Hall–Kier alpha value is -0.770. The van der Waals surface area contributed by atoms with Gasteiger partial charge in [0, 0.05) is 17.9 Å². The highest BCUT2D eigenvalue weighted by Crippen LogP contribution is 2.25. The lowest BCUT2D eigenvalue weighted by atomic mass is 9.93. The highest BCUT2D eigenvalue weighted by Gasteiger charge is 2.27. The van der Waals surface area contributed by atoms with Crippen molar-refractivity contribution < 1.29 is 9.21 Å². The van der Waals surface area contributed by atoms with Crippen molar-refractivity contribution in [3.8, 4) is 0 Å². The molecule has 4 heteroatoms. The first kappa shape index (κ1) is 13.7. The fourth-order valence-corrected chi connectivity index (χ4v) is 3.08. The van der Waals surface area contributed by atoms with E-state index >= 15 is 0 Å². The summed E-state index contributed by atoms with van der Waals surface area (Å²) >= 11 is 3.45. The highest BCUT2D eigenvalue weighted by molar-refractivity contribution is 9.09. The fourth-order valence-electron chi connectivity index (χ4n) is 2.70. The van der Waals surface area contributed by atoms with Crippen LogP contribution in [0, 0.1) is 6.92 Å². The Bertz CT molecular complexity index is 396. The smallest absolute Gasteiger partial charge is 0.257 e. The normalized spacial score (nSPS) is 16.8. The molecule has 100 valence electrons. The maximum atomic E-state index is 12.6. The molecular weight excluding hydrogens is 294 g/mol. The molecule has 3 nitrogen and oxygen atoms in total. The Morgan fingerprint density at radius 3 is 2.72 bits per heavy atom. The molecule has 1 aromatic rings. The van der Waals surface area contributed by atoms with Crippen LogP contribution in [0.3, 0.4) is 0 Å². The van der Waals surface area contributed by atoms with Crippen LogP contribution in [0.4, 0.5) is 0 Å². The first-order valence-corrected chi connectivity index (χ1v) is 7.77. The summed E-state index contributed by atoms with van der Waals surface area (Å²) in [6.45, 7) is 2.62. The van der Waals surface area contributed by atoms with Crippen molar-refractivity contribution in [3.63, 3.8) is 0 Å². The van der Waals surface area contributed by atoms with E-state index in [0.717, 1.165) is 30.5 Å². The number of hydrogen-bond donors (Lipinski definition) is 0. The van der Waals surface area contributed by atoms with Crippen LogP contribution >= 0.6 is 15.9 Å². The van der Waals surface area contributed by atoms with Gasteiger partial charge in [-0.2, -0.15) is 0 Å². The van der Waals surface area contributed by atoms with E-state index in [9.17, 15) is 4.79 Å². The Balaban J connectivity index is 2.13. The van der Waals surface area contributed by atoms with Gasteiger partial charge in [0.1, 0.15) is 5.76 Å². The van der Waals surface area contributed by atoms with E-state index in [1.54, 1.807) is 12.3 Å². The number of rotatable bonds is 4. The quantitative estimate of drug-likeness (QED) is 0.793. The van der Waals surface area contributed by atoms with Gasteiger partial charge in [-0.25, -0.2) is 0 Å². The van der Waals surface area contributed by atoms with E-state index in [0.29, 0.717) is 11.6 Å². The molecule has 0 atom stereocenters. The zero-order valence-electron chi connectivity index (χ0n) is 10.8. The molecule has 0 N–H and O–H groups in total. The molecule has 0 spiro atoms. The first-order valence-electron chi connectivity index (χ1n) is 6.65. The highest BCUT2D eigenvalue weighted by atomic mass is 79.9. The summed E-state index contributed by atoms with van der Waals surface area (Å²) in [6, 6.07) is 2.18. The lowest BCUT2D eigenvalue weighted by Crippen LogP contribution is -2.42. The molecule has 1 aliphatic rings. The first-order chi connectivity index (χ1) is 8.74. The Morgan fingerprint density at radius 1 is 1.44 bits per heavy atom. The van der Waals surface area contributed by atoms with Crippen LogP contribution in [0.1, 0.15) is 48.2 Å². The van der Waals surface area contributed by atoms with Gasteiger partial charge in [0.05, 0.1) is 11.8 Å². The number of carbonyl (C=O) groups is 1. The standard InChI is InChI=1S/C14H20BrNO2/c1-11-13(7-10-18-11)14(17)16(9-8-15)12-5-3-2-4-6-12/h7,10,12H,2-6,8-9H2,1H3. The van der Waals surface area contributed by atoms with Crippen LogP contribution in [-0.2, 0) is 0 Å². The third kappa shape index (κ3) is 2.97. The molecule has 0 aliphatic heterocycles. The third-order valence-electron chi connectivity index (χ3n) is 3.69. The summed E-state index contributed by atoms with van der Waals surface area (Å²) in [5.41, 5.74) is 0.710. The number of hydrogen-bond acceptors (Lipinski definition) is 2. The minimum absolute atomic E-state index is 0.118. The minimum Gasteiger partial charge on any atom is -0.469 e. The Kier molecular flexibility index (Phi) is 4.87. The number of aryl methyl sites for hydroxylation is 1. The van der Waals surface area contributed by atoms with Gasteiger partial charge in [0.2, 0.25) is 0 Å². The van der Waals surface area contributed by atoms with Gasteiger partial charge < -0.3 is 9.32 Å². The molecule has 1 aromatic heterocycles. The zero-order valence-corrected chi connectivity index (χ0v) is 12.4. The molecule has 1 heterocycles. The molecule has 0 unspecified atom stereocenters. The molecule has 0 radical (unpaired) electrons. The second kappa shape index (κ2) is 6.41. The lowest BCUT2D eigenvalue weighted by molar-refractivity contribution is 0.0649. The van der Waals surface area contributed by atoms with Crippen molar-refractivity contribution in [2.45, 2.75) is 45.1 Å². The number of alkyl halides is 1. The number of halogens is 1. The number of nitrogens with zero attached hydrogens (tertiary/aromatic N) is 1. The van der Waals surface area contributed by atoms with Crippen LogP contribution in [-0.4, -0.2) is 28.7 Å². The van der Waals surface area contributed by atoms with Gasteiger partial charge in [0.25, 0.3) is 5.91 Å². The molecular formula is C14H20BrNO2. The summed E-state index contributed by atoms with van der Waals surface area (Å²) in [4.78, 5) is 14.6. The predicted octanol–water partition coefficient (Wildman–Crippen LogP) is 3.76. The summed E-state index contributed by atoms with van der Waals surface area (Å²) in [5, 5.41) is 0.826. The summed E-state index contributed by atoms with van der Waals surface area (Å²) in [7, 11) is 0. The van der Waals surface area contributed by atoms with Gasteiger partial charge in [-0.05, 0) is 25.8 Å². The van der Waals surface area contributed by atoms with Gasteiger partial charge in [-0.3, -0.25) is 4.79 Å². The summed E-state index contributed by atoms with van der Waals surface area (Å²) in [5.74, 6) is 0.836. The van der Waals surface area contributed by atoms with Gasteiger partial charge in [-0.1, -0.05) is 35.2 Å². The van der Waals surface area contributed by atoms with Crippen molar-refractivity contribution >= 4 is 21.8 Å². The van der Waals surface area contributed by atoms with Crippen molar-refractivity contribution in [2.24, 2.45) is 0 Å². The van der Waals surface area contributed by atoms with Crippen LogP contribution in [0.2, 0.25) is 0 Å². The maximum Gasteiger partial charge on any atom is 0.257 e. The van der Waals surface area contributed by atoms with Gasteiger partial charge in [0.15, 0.2) is 0 Å². The monoisotopic (exact) mass is 313 g/mol. The lowest BCUT2D eigenvalue weighted by Gasteiger charge is -2.34. The van der Waals surface area contributed by atoms with Crippen molar-refractivity contribution in [1.29, 1.82) is 0 Å². The average Bonchev–Trinajstić information content (AvgIpc) is 2.82. The van der Waals surface area contributed by atoms with E-state index < -0.39 is 0 Å². The SMILES string of the molecule is Cc1occc1C(=O)N(CCBr)C1CCCCC1. The minimum atomic E-state index is 0.118. The fraction of sp³-hybridized carbons (Fsp3) is 0.643. The van der Waals surface area contributed by atoms with Crippen LogP contribution in [0.15, 0.2) is 16.7 Å². The Morgan fingerprint density at radius 2 is 2.17 bits per heavy atom. The number of amides is 1. The second-order valence-corrected chi connectivity index (χ2v) is 5.66. The molecule has 0 saturated heterocycles. The second-order valence-electron chi connectivity index (χ2n) is 4.87. The van der Waals surface area contributed by atoms with Crippen molar-refractivity contribution in [1.82, 2.24) is 4.90 Å². The van der Waals surface area contributed by atoms with E-state index in [1.807, 2.05) is 11.8 Å². The molecule has 1 saturated carbocycles. The number of carbonyl (C=O) groups excluding carboxylic acids is 1. The molecule has 1 aliphatic carbocycles. The molecule has 0 aromatic carbocycles. The van der Waals surface area contributed by atoms with Crippen molar-refractivity contribution in [2.75, 3.05) is 11.9 Å². The van der Waals surface area contributed by atoms with E-state index in [4.69, 9.17) is 4.42 Å². The average molecular weight is 314 g/mol. The summed E-state index contributed by atoms with van der Waals surface area (Å²) < 4.78 is 5.24. The molecule has 0 bridgehead atoms. The van der Waals surface area contributed by atoms with E-state index in [2.05, 4.69) is 15.9 Å². The summed E-state index contributed by atoms with van der Waals surface area (Å²) in [6.07, 6.45) is 7.64. The van der Waals surface area contributed by atoms with E-state index in [1.165, 1.54) is 19.3 Å². The maximum absolute atomic E-state index is 12.6. The molecule has 1 amide bonds. The molecule has 18 heavy (non-hydrogen) atoms. The molecule has 2 rings (SSSR count). The largest absolute Gasteiger partial charge is 0.469 e. The van der Waals surface area contributed by atoms with Gasteiger partial charge in [-0.15, -0.1) is 0 Å². The van der Waals surface area contributed by atoms with Crippen LogP contribution < -0.4 is 0 Å². The van der Waals surface area contributed by atoms with Crippen LogP contribution in [0.25, 0.3) is 0 Å². The number of furan rings is 1. The third-order valence-corrected chi connectivity index (χ3v) is 4.05. The van der Waals surface area contributed by atoms with Crippen LogP contribution in [0.5, 0.6) is 0 Å². The Labute approximate surface area is 117 Å². The van der Waals surface area contributed by atoms with E-state index in [-0.39, 0.29) is 5.91 Å². The zero-order chi connectivity index (χ0) is 13.0. The predicted molar refractivity (Wildman–Crippen MR) is 75.1 cm³/mol. The van der Waals surface area contributed by atoms with Gasteiger partial charge >= 0.3 is 0 Å². The molecule has 1 fully saturated rings. The van der Waals surface area contributed by atoms with Crippen molar-refractivity contribution in [3.05, 3.63) is 23.7 Å².